The van der Waals surface area contributed by atoms with E-state index >= 15 is 0 Å². The lowest BCUT2D eigenvalue weighted by Gasteiger charge is -2.30. The van der Waals surface area contributed by atoms with Crippen LogP contribution in [-0.2, 0) is 26.1 Å². The fraction of sp³-hybridized carbons (Fsp3) is 0.400. The van der Waals surface area contributed by atoms with E-state index in [-0.39, 0.29) is 30.4 Å². The fourth-order valence-electron chi connectivity index (χ4n) is 3.54. The van der Waals surface area contributed by atoms with E-state index < -0.39 is 15.6 Å². The van der Waals surface area contributed by atoms with Gasteiger partial charge in [0.1, 0.15) is 18.9 Å². The summed E-state index contributed by atoms with van der Waals surface area (Å²) in [4.78, 5) is 26.9. The summed E-state index contributed by atoms with van der Waals surface area (Å²) in [6, 6.07) is 8.02. The van der Waals surface area contributed by atoms with Gasteiger partial charge in [0, 0.05) is 25.4 Å². The fourth-order valence-corrected chi connectivity index (χ4v) is 4.97. The molecule has 0 radical (unpaired) electrons. The monoisotopic (exact) mass is 433 g/mol. The highest BCUT2D eigenvalue weighted by Crippen LogP contribution is 2.32. The van der Waals surface area contributed by atoms with Gasteiger partial charge in [0.15, 0.2) is 0 Å². The van der Waals surface area contributed by atoms with Gasteiger partial charge in [0.05, 0.1) is 30.3 Å². The standard InChI is InChI=1S/C20H23N3O6S/c1-15-2-4-18-17(12-15)23(8-11-29-18)20(25)14-21-13-16(3-5-19(21)24)30(26,27)22-6-9-28-10-7-22/h2-5,12-13H,6-11,14H2,1H3. The Bertz CT molecular complexity index is 1120. The summed E-state index contributed by atoms with van der Waals surface area (Å²) < 4.78 is 39.0. The molecule has 2 aromatic rings. The highest BCUT2D eigenvalue weighted by molar-refractivity contribution is 7.89. The van der Waals surface area contributed by atoms with E-state index in [0.717, 1.165) is 10.1 Å². The molecule has 10 heteroatoms. The Morgan fingerprint density at radius 2 is 1.83 bits per heavy atom. The molecule has 0 spiro atoms. The zero-order valence-electron chi connectivity index (χ0n) is 16.6. The molecular formula is C20H23N3O6S. The lowest BCUT2D eigenvalue weighted by atomic mass is 10.1. The van der Waals surface area contributed by atoms with Crippen molar-refractivity contribution < 1.29 is 22.7 Å². The number of benzene rings is 1. The molecule has 30 heavy (non-hydrogen) atoms. The summed E-state index contributed by atoms with van der Waals surface area (Å²) in [7, 11) is -3.77. The first-order valence-corrected chi connectivity index (χ1v) is 11.1. The summed E-state index contributed by atoms with van der Waals surface area (Å²) in [5.74, 6) is 0.296. The molecule has 1 aromatic carbocycles. The van der Waals surface area contributed by atoms with Gasteiger partial charge in [-0.15, -0.1) is 0 Å². The first-order chi connectivity index (χ1) is 14.4. The predicted octanol–water partition coefficient (Wildman–Crippen LogP) is 0.603. The van der Waals surface area contributed by atoms with E-state index in [9.17, 15) is 18.0 Å². The van der Waals surface area contributed by atoms with E-state index in [0.29, 0.717) is 37.8 Å². The number of morpholine rings is 1. The third-order valence-electron chi connectivity index (χ3n) is 5.15. The highest BCUT2D eigenvalue weighted by atomic mass is 32.2. The van der Waals surface area contributed by atoms with Crippen LogP contribution in [0.2, 0.25) is 0 Å². The summed E-state index contributed by atoms with van der Waals surface area (Å²) in [5.41, 5.74) is 1.19. The van der Waals surface area contributed by atoms with Crippen molar-refractivity contribution in [3.63, 3.8) is 0 Å². The van der Waals surface area contributed by atoms with Crippen molar-refractivity contribution >= 4 is 21.6 Å². The van der Waals surface area contributed by atoms with Crippen molar-refractivity contribution in [2.45, 2.75) is 18.4 Å². The molecule has 0 unspecified atom stereocenters. The number of anilines is 1. The largest absolute Gasteiger partial charge is 0.490 e. The van der Waals surface area contributed by atoms with E-state index in [1.165, 1.54) is 22.6 Å². The maximum atomic E-state index is 13.0. The normalized spacial score (nSPS) is 17.3. The molecule has 1 fully saturated rings. The van der Waals surface area contributed by atoms with Crippen molar-refractivity contribution in [2.24, 2.45) is 0 Å². The minimum absolute atomic E-state index is 0.0185. The number of hydrogen-bond donors (Lipinski definition) is 0. The summed E-state index contributed by atoms with van der Waals surface area (Å²) in [6.07, 6.45) is 1.24. The van der Waals surface area contributed by atoms with E-state index in [2.05, 4.69) is 0 Å². The molecule has 9 nitrogen and oxygen atoms in total. The molecule has 160 valence electrons. The van der Waals surface area contributed by atoms with E-state index in [4.69, 9.17) is 9.47 Å². The molecule has 2 aliphatic heterocycles. The van der Waals surface area contributed by atoms with E-state index in [1.807, 2.05) is 25.1 Å². The number of hydrogen-bond acceptors (Lipinski definition) is 6. The number of carbonyl (C=O) groups is 1. The molecule has 2 aliphatic rings. The van der Waals surface area contributed by atoms with Gasteiger partial charge >= 0.3 is 0 Å². The number of nitrogens with zero attached hydrogens (tertiary/aromatic N) is 3. The van der Waals surface area contributed by atoms with Gasteiger partial charge in [-0.3, -0.25) is 9.59 Å². The topological polar surface area (TPSA) is 98.2 Å². The average Bonchev–Trinajstić information content (AvgIpc) is 2.75. The second-order valence-corrected chi connectivity index (χ2v) is 9.15. The van der Waals surface area contributed by atoms with E-state index in [1.54, 1.807) is 4.90 Å². The van der Waals surface area contributed by atoms with Gasteiger partial charge in [-0.25, -0.2) is 8.42 Å². The molecule has 4 rings (SSSR count). The SMILES string of the molecule is Cc1ccc2c(c1)N(C(=O)Cn1cc(S(=O)(=O)N3CCOCC3)ccc1=O)CCO2. The van der Waals surface area contributed by atoms with Crippen LogP contribution in [0.15, 0.2) is 46.2 Å². The molecule has 0 bridgehead atoms. The van der Waals surface area contributed by atoms with Crippen LogP contribution in [0.1, 0.15) is 5.56 Å². The number of sulfonamides is 1. The third-order valence-corrected chi connectivity index (χ3v) is 7.03. The number of aryl methyl sites for hydroxylation is 1. The zero-order chi connectivity index (χ0) is 21.3. The number of aromatic nitrogens is 1. The minimum atomic E-state index is -3.77. The van der Waals surface area contributed by atoms with Crippen LogP contribution in [-0.4, -0.2) is 62.7 Å². The van der Waals surface area contributed by atoms with Crippen molar-refractivity contribution in [1.29, 1.82) is 0 Å². The summed E-state index contributed by atoms with van der Waals surface area (Å²) >= 11 is 0. The van der Waals surface area contributed by atoms with Crippen LogP contribution in [0.25, 0.3) is 0 Å². The Kier molecular flexibility index (Phi) is 5.63. The van der Waals surface area contributed by atoms with Crippen LogP contribution in [0.3, 0.4) is 0 Å². The quantitative estimate of drug-likeness (QED) is 0.701. The van der Waals surface area contributed by atoms with Crippen molar-refractivity contribution in [1.82, 2.24) is 8.87 Å². The zero-order valence-corrected chi connectivity index (χ0v) is 17.4. The molecular weight excluding hydrogens is 410 g/mol. The summed E-state index contributed by atoms with van der Waals surface area (Å²) in [6.45, 7) is 3.52. The molecule has 1 aromatic heterocycles. The average molecular weight is 433 g/mol. The predicted molar refractivity (Wildman–Crippen MR) is 109 cm³/mol. The Morgan fingerprint density at radius 3 is 2.60 bits per heavy atom. The first kappa shape index (κ1) is 20.6. The summed E-state index contributed by atoms with van der Waals surface area (Å²) in [5, 5.41) is 0. The lowest BCUT2D eigenvalue weighted by Crippen LogP contribution is -2.42. The number of fused-ring (bicyclic) bond motifs is 1. The van der Waals surface area contributed by atoms with Gasteiger partial charge in [0.25, 0.3) is 5.56 Å². The third kappa shape index (κ3) is 3.98. The molecule has 1 saturated heterocycles. The van der Waals surface area contributed by atoms with Crippen LogP contribution in [0.5, 0.6) is 5.75 Å². The number of carbonyl (C=O) groups excluding carboxylic acids is 1. The highest BCUT2D eigenvalue weighted by Gasteiger charge is 2.28. The first-order valence-electron chi connectivity index (χ1n) is 9.68. The lowest BCUT2D eigenvalue weighted by molar-refractivity contribution is -0.119. The number of pyridine rings is 1. The molecule has 0 N–H and O–H groups in total. The Balaban J connectivity index is 1.60. The van der Waals surface area contributed by atoms with Crippen LogP contribution in [0, 0.1) is 6.92 Å². The van der Waals surface area contributed by atoms with Crippen molar-refractivity contribution in [3.8, 4) is 5.75 Å². The molecule has 0 atom stereocenters. The smallest absolute Gasteiger partial charge is 0.251 e. The Morgan fingerprint density at radius 1 is 1.07 bits per heavy atom. The molecule has 0 saturated carbocycles. The number of ether oxygens (including phenoxy) is 2. The Labute approximate surface area is 174 Å². The number of rotatable bonds is 4. The van der Waals surface area contributed by atoms with Gasteiger partial charge in [-0.2, -0.15) is 4.31 Å². The number of amides is 1. The second kappa shape index (κ2) is 8.21. The molecule has 0 aliphatic carbocycles. The second-order valence-electron chi connectivity index (χ2n) is 7.21. The van der Waals surface area contributed by atoms with Crippen LogP contribution < -0.4 is 15.2 Å². The van der Waals surface area contributed by atoms with Crippen molar-refractivity contribution in [3.05, 3.63) is 52.4 Å². The Hall–Kier alpha value is -2.69. The van der Waals surface area contributed by atoms with Crippen molar-refractivity contribution in [2.75, 3.05) is 44.4 Å². The van der Waals surface area contributed by atoms with Crippen LogP contribution in [0.4, 0.5) is 5.69 Å². The maximum absolute atomic E-state index is 13.0. The molecule has 1 amide bonds. The van der Waals surface area contributed by atoms with Gasteiger partial charge in [-0.05, 0) is 30.7 Å². The molecule has 3 heterocycles. The van der Waals surface area contributed by atoms with Crippen LogP contribution >= 0.6 is 0 Å². The van der Waals surface area contributed by atoms with Gasteiger partial charge in [0.2, 0.25) is 15.9 Å². The van der Waals surface area contributed by atoms with Gasteiger partial charge in [-0.1, -0.05) is 6.07 Å². The minimum Gasteiger partial charge on any atom is -0.490 e. The maximum Gasteiger partial charge on any atom is 0.251 e. The van der Waals surface area contributed by atoms with Gasteiger partial charge < -0.3 is 18.9 Å².